The van der Waals surface area contributed by atoms with Crippen molar-refractivity contribution in [3.05, 3.63) is 0 Å². The van der Waals surface area contributed by atoms with Gasteiger partial charge in [0.1, 0.15) is 6.17 Å². The highest BCUT2D eigenvalue weighted by molar-refractivity contribution is 6.60. The van der Waals surface area contributed by atoms with E-state index >= 15 is 0 Å². The van der Waals surface area contributed by atoms with Gasteiger partial charge in [-0.25, -0.2) is 0 Å². The van der Waals surface area contributed by atoms with Crippen LogP contribution in [0, 0.1) is 0 Å². The summed E-state index contributed by atoms with van der Waals surface area (Å²) >= 11 is 0. The average molecular weight is 447 g/mol. The second-order valence-corrected chi connectivity index (χ2v) is 11.4. The van der Waals surface area contributed by atoms with Crippen molar-refractivity contribution in [3.63, 3.8) is 0 Å². The fourth-order valence-corrected chi connectivity index (χ4v) is 7.67. The lowest BCUT2D eigenvalue weighted by Gasteiger charge is -2.43. The van der Waals surface area contributed by atoms with Crippen LogP contribution in [0.25, 0.3) is 0 Å². The molecule has 30 heavy (non-hydrogen) atoms. The third kappa shape index (κ3) is 13.5. The van der Waals surface area contributed by atoms with Crippen LogP contribution in [0.4, 0.5) is 0 Å². The van der Waals surface area contributed by atoms with Gasteiger partial charge in [0.2, 0.25) is 0 Å². The van der Waals surface area contributed by atoms with E-state index in [0.717, 1.165) is 10.7 Å². The van der Waals surface area contributed by atoms with Gasteiger partial charge in [-0.3, -0.25) is 0 Å². The van der Waals surface area contributed by atoms with Crippen molar-refractivity contribution in [1.29, 1.82) is 0 Å². The molecule has 0 unspecified atom stereocenters. The normalized spacial score (nSPS) is 12.6. The highest BCUT2D eigenvalue weighted by Gasteiger charge is 2.49. The van der Waals surface area contributed by atoms with E-state index in [1.165, 1.54) is 96.7 Å². The number of nitrogens with zero attached hydrogens (tertiary/aromatic N) is 1. The van der Waals surface area contributed by atoms with E-state index < -0.39 is 8.80 Å². The molecule has 0 atom stereocenters. The minimum atomic E-state index is -2.66. The van der Waals surface area contributed by atoms with E-state index in [4.69, 9.17) is 13.3 Å². The molecule has 0 spiro atoms. The topological polar surface area (TPSA) is 27.7 Å². The zero-order valence-electron chi connectivity index (χ0n) is 21.6. The Balaban J connectivity index is 5.58. The molecule has 0 saturated carbocycles. The second kappa shape index (κ2) is 19.7. The van der Waals surface area contributed by atoms with E-state index in [0.29, 0.717) is 19.8 Å². The lowest BCUT2D eigenvalue weighted by atomic mass is 10.1. The molecule has 0 N–H and O–H groups in total. The van der Waals surface area contributed by atoms with Crippen LogP contribution in [0.15, 0.2) is 0 Å². The lowest BCUT2D eigenvalue weighted by molar-refractivity contribution is -0.921. The highest BCUT2D eigenvalue weighted by atomic mass is 28.4. The first-order valence-corrected chi connectivity index (χ1v) is 15.3. The molecule has 0 bridgehead atoms. The van der Waals surface area contributed by atoms with Gasteiger partial charge in [-0.15, -0.1) is 0 Å². The van der Waals surface area contributed by atoms with Gasteiger partial charge in [0.25, 0.3) is 0 Å². The predicted octanol–water partition coefficient (Wildman–Crippen LogP) is 7.13. The minimum absolute atomic E-state index is 0.674. The maximum absolute atomic E-state index is 6.33. The van der Waals surface area contributed by atoms with Crippen LogP contribution in [0.5, 0.6) is 0 Å². The Morgan fingerprint density at radius 2 is 0.800 bits per heavy atom. The van der Waals surface area contributed by atoms with Crippen molar-refractivity contribution in [1.82, 2.24) is 0 Å². The molecule has 0 aromatic rings. The smallest absolute Gasteiger partial charge is 0.370 e. The van der Waals surface area contributed by atoms with Crippen LogP contribution in [0.3, 0.4) is 0 Å². The molecule has 0 fully saturated rings. The fourth-order valence-electron chi connectivity index (χ4n) is 4.53. The van der Waals surface area contributed by atoms with Crippen molar-refractivity contribution in [2.75, 3.05) is 45.6 Å². The van der Waals surface area contributed by atoms with Crippen LogP contribution in [0.2, 0.25) is 0 Å². The first-order chi connectivity index (χ1) is 14.6. The molecular formula is C25H56NO3Si+. The van der Waals surface area contributed by atoms with Gasteiger partial charge in [-0.1, -0.05) is 59.3 Å². The summed E-state index contributed by atoms with van der Waals surface area (Å²) in [5.74, 6) is 0. The summed E-state index contributed by atoms with van der Waals surface area (Å²) in [5.41, 5.74) is 0. The van der Waals surface area contributed by atoms with E-state index in [9.17, 15) is 0 Å². The molecule has 0 saturated heterocycles. The summed E-state index contributed by atoms with van der Waals surface area (Å²) in [6.07, 6.45) is 16.8. The quantitative estimate of drug-likeness (QED) is 0.0948. The van der Waals surface area contributed by atoms with E-state index in [1.807, 2.05) is 0 Å². The average Bonchev–Trinajstić information content (AvgIpc) is 2.72. The second-order valence-electron chi connectivity index (χ2n) is 8.83. The standard InChI is InChI=1S/C25H56NO3Si/c1-7-13-16-19-22-26(23-20-17-14-8-2,24-21-18-15-9-3)25-30(27-10-4,28-11-5)29-12-6/h7-25H2,1-6H3/q+1. The fraction of sp³-hybridized carbons (Fsp3) is 1.00. The van der Waals surface area contributed by atoms with Crippen LogP contribution in [-0.2, 0) is 13.3 Å². The molecule has 0 aromatic heterocycles. The van der Waals surface area contributed by atoms with Crippen molar-refractivity contribution in [3.8, 4) is 0 Å². The van der Waals surface area contributed by atoms with Crippen molar-refractivity contribution < 1.29 is 17.8 Å². The van der Waals surface area contributed by atoms with Crippen LogP contribution in [0.1, 0.15) is 119 Å². The zero-order valence-corrected chi connectivity index (χ0v) is 22.6. The molecule has 0 radical (unpaired) electrons. The first-order valence-electron chi connectivity index (χ1n) is 13.3. The number of unbranched alkanes of at least 4 members (excludes halogenated alkanes) is 9. The largest absolute Gasteiger partial charge is 0.559 e. The lowest BCUT2D eigenvalue weighted by Crippen LogP contribution is -2.64. The summed E-state index contributed by atoms with van der Waals surface area (Å²) in [5, 5.41) is 0. The highest BCUT2D eigenvalue weighted by Crippen LogP contribution is 2.23. The summed E-state index contributed by atoms with van der Waals surface area (Å²) < 4.78 is 20.1. The van der Waals surface area contributed by atoms with E-state index in [-0.39, 0.29) is 0 Å². The minimum Gasteiger partial charge on any atom is -0.370 e. The Morgan fingerprint density at radius 3 is 1.07 bits per heavy atom. The maximum atomic E-state index is 6.33. The third-order valence-corrected chi connectivity index (χ3v) is 9.32. The summed E-state index contributed by atoms with van der Waals surface area (Å²) in [4.78, 5) is 0. The van der Waals surface area contributed by atoms with Crippen LogP contribution < -0.4 is 0 Å². The van der Waals surface area contributed by atoms with Gasteiger partial charge in [-0.2, -0.15) is 0 Å². The Hall–Kier alpha value is 0.0569. The van der Waals surface area contributed by atoms with Gasteiger partial charge in [-0.05, 0) is 59.3 Å². The summed E-state index contributed by atoms with van der Waals surface area (Å²) in [6.45, 7) is 18.9. The number of rotatable bonds is 23. The summed E-state index contributed by atoms with van der Waals surface area (Å²) in [6, 6.07) is 0. The molecule has 4 nitrogen and oxygen atoms in total. The Morgan fingerprint density at radius 1 is 0.467 bits per heavy atom. The van der Waals surface area contributed by atoms with Crippen molar-refractivity contribution in [2.24, 2.45) is 0 Å². The number of hydrogen-bond acceptors (Lipinski definition) is 3. The van der Waals surface area contributed by atoms with Crippen LogP contribution >= 0.6 is 0 Å². The van der Waals surface area contributed by atoms with Crippen LogP contribution in [-0.4, -0.2) is 58.9 Å². The predicted molar refractivity (Wildman–Crippen MR) is 133 cm³/mol. The van der Waals surface area contributed by atoms with Crippen molar-refractivity contribution >= 4 is 8.80 Å². The molecular weight excluding hydrogens is 390 g/mol. The SMILES string of the molecule is CCCCCC[N+](CCCCCC)(CCCCCC)C[Si](OCC)(OCC)OCC. The number of quaternary nitrogens is 1. The zero-order chi connectivity index (χ0) is 22.6. The van der Waals surface area contributed by atoms with Gasteiger partial charge in [0, 0.05) is 19.8 Å². The molecule has 0 aliphatic rings. The molecule has 0 aliphatic carbocycles. The Bertz CT molecular complexity index is 320. The third-order valence-electron chi connectivity index (χ3n) is 6.08. The summed E-state index contributed by atoms with van der Waals surface area (Å²) in [7, 11) is -2.66. The van der Waals surface area contributed by atoms with Gasteiger partial charge >= 0.3 is 8.80 Å². The Labute approximate surface area is 191 Å². The molecule has 0 rings (SSSR count). The molecule has 182 valence electrons. The van der Waals surface area contributed by atoms with Crippen molar-refractivity contribution in [2.45, 2.75) is 119 Å². The first kappa shape index (κ1) is 30.1. The van der Waals surface area contributed by atoms with E-state index in [2.05, 4.69) is 41.5 Å². The maximum Gasteiger partial charge on any atom is 0.559 e. The van der Waals surface area contributed by atoms with Gasteiger partial charge in [0.05, 0.1) is 19.6 Å². The molecule has 0 aromatic carbocycles. The Kier molecular flexibility index (Phi) is 19.8. The molecule has 0 heterocycles. The number of hydrogen-bond donors (Lipinski definition) is 0. The molecule has 0 amide bonds. The molecule has 0 aliphatic heterocycles. The monoisotopic (exact) mass is 446 g/mol. The molecule has 5 heteroatoms. The van der Waals surface area contributed by atoms with E-state index in [1.54, 1.807) is 0 Å². The van der Waals surface area contributed by atoms with Gasteiger partial charge in [0.15, 0.2) is 0 Å². The van der Waals surface area contributed by atoms with Gasteiger partial charge < -0.3 is 17.8 Å².